The van der Waals surface area contributed by atoms with Crippen LogP contribution in [0.3, 0.4) is 0 Å². The zero-order valence-electron chi connectivity index (χ0n) is 14.2. The second-order valence-electron chi connectivity index (χ2n) is 5.51. The van der Waals surface area contributed by atoms with Crippen molar-refractivity contribution in [1.29, 1.82) is 0 Å². The first kappa shape index (κ1) is 19.1. The molecule has 0 bridgehead atoms. The molecule has 1 heterocycles. The van der Waals surface area contributed by atoms with Crippen molar-refractivity contribution < 1.29 is 9.53 Å². The van der Waals surface area contributed by atoms with Gasteiger partial charge in [0, 0.05) is 41.0 Å². The SMILES string of the molecule is C=CCN(C)C/C=C/COc1ccc(C(=O)c2ccc(Br)cc2)cn1. The monoisotopic (exact) mass is 400 g/mol. The minimum Gasteiger partial charge on any atom is -0.473 e. The van der Waals surface area contributed by atoms with E-state index in [2.05, 4.69) is 32.4 Å². The molecule has 1 aromatic carbocycles. The fourth-order valence-electron chi connectivity index (χ4n) is 2.12. The van der Waals surface area contributed by atoms with E-state index in [1.54, 1.807) is 30.5 Å². The van der Waals surface area contributed by atoms with Gasteiger partial charge >= 0.3 is 0 Å². The summed E-state index contributed by atoms with van der Waals surface area (Å²) in [5.41, 5.74) is 1.17. The van der Waals surface area contributed by atoms with E-state index in [1.165, 1.54) is 0 Å². The molecule has 0 aliphatic heterocycles. The number of halogens is 1. The molecule has 0 N–H and O–H groups in total. The van der Waals surface area contributed by atoms with E-state index in [4.69, 9.17) is 4.74 Å². The van der Waals surface area contributed by atoms with E-state index in [0.717, 1.165) is 17.6 Å². The Bertz CT molecular complexity index is 724. The van der Waals surface area contributed by atoms with Crippen LogP contribution in [0.5, 0.6) is 5.88 Å². The van der Waals surface area contributed by atoms with E-state index >= 15 is 0 Å². The minimum atomic E-state index is -0.0586. The molecule has 1 aromatic heterocycles. The van der Waals surface area contributed by atoms with Crippen LogP contribution < -0.4 is 4.74 Å². The van der Waals surface area contributed by atoms with Crippen molar-refractivity contribution in [2.45, 2.75) is 0 Å². The van der Waals surface area contributed by atoms with Crippen LogP contribution in [0.1, 0.15) is 15.9 Å². The number of likely N-dealkylation sites (N-methyl/N-ethyl adjacent to an activating group) is 1. The van der Waals surface area contributed by atoms with Crippen LogP contribution in [-0.2, 0) is 0 Å². The predicted octanol–water partition coefficient (Wildman–Crippen LogP) is 4.13. The average molecular weight is 401 g/mol. The van der Waals surface area contributed by atoms with Crippen molar-refractivity contribution in [3.63, 3.8) is 0 Å². The molecule has 0 radical (unpaired) electrons. The molecule has 0 saturated heterocycles. The van der Waals surface area contributed by atoms with Crippen LogP contribution in [0.4, 0.5) is 0 Å². The Balaban J connectivity index is 1.85. The van der Waals surface area contributed by atoms with Gasteiger partial charge in [-0.15, -0.1) is 6.58 Å². The zero-order chi connectivity index (χ0) is 18.1. The first-order valence-corrected chi connectivity index (χ1v) is 8.73. The van der Waals surface area contributed by atoms with Gasteiger partial charge in [-0.3, -0.25) is 9.69 Å². The van der Waals surface area contributed by atoms with Crippen molar-refractivity contribution in [1.82, 2.24) is 9.88 Å². The summed E-state index contributed by atoms with van der Waals surface area (Å²) < 4.78 is 6.49. The number of carbonyl (C=O) groups is 1. The molecule has 0 aliphatic rings. The summed E-state index contributed by atoms with van der Waals surface area (Å²) in [6, 6.07) is 10.7. The molecule has 0 atom stereocenters. The molecular weight excluding hydrogens is 380 g/mol. The molecule has 0 spiro atoms. The zero-order valence-corrected chi connectivity index (χ0v) is 15.8. The Labute approximate surface area is 157 Å². The van der Waals surface area contributed by atoms with Crippen molar-refractivity contribution in [2.75, 3.05) is 26.7 Å². The topological polar surface area (TPSA) is 42.4 Å². The number of ketones is 1. The smallest absolute Gasteiger partial charge is 0.213 e. The third-order valence-electron chi connectivity index (χ3n) is 3.46. The van der Waals surface area contributed by atoms with Crippen molar-refractivity contribution in [2.24, 2.45) is 0 Å². The molecule has 0 fully saturated rings. The summed E-state index contributed by atoms with van der Waals surface area (Å²) in [5.74, 6) is 0.438. The minimum absolute atomic E-state index is 0.0586. The molecule has 4 nitrogen and oxygen atoms in total. The van der Waals surface area contributed by atoms with E-state index in [9.17, 15) is 4.79 Å². The highest BCUT2D eigenvalue weighted by atomic mass is 79.9. The van der Waals surface area contributed by atoms with Gasteiger partial charge in [0.1, 0.15) is 6.61 Å². The lowest BCUT2D eigenvalue weighted by molar-refractivity contribution is 0.103. The van der Waals surface area contributed by atoms with E-state index in [0.29, 0.717) is 23.6 Å². The third-order valence-corrected chi connectivity index (χ3v) is 3.99. The Kier molecular flexibility index (Phi) is 7.57. The van der Waals surface area contributed by atoms with Gasteiger partial charge in [0.05, 0.1) is 0 Å². The van der Waals surface area contributed by atoms with Gasteiger partial charge in [-0.2, -0.15) is 0 Å². The van der Waals surface area contributed by atoms with Crippen LogP contribution in [0, 0.1) is 0 Å². The van der Waals surface area contributed by atoms with Crippen molar-refractivity contribution >= 4 is 21.7 Å². The molecule has 2 aromatic rings. The standard InChI is InChI=1S/C20H21BrN2O2/c1-3-12-23(2)13-4-5-14-25-19-11-8-17(15-22-19)20(24)16-6-9-18(21)10-7-16/h3-11,15H,1,12-14H2,2H3/b5-4+. The predicted molar refractivity (Wildman–Crippen MR) is 104 cm³/mol. The number of carbonyl (C=O) groups excluding carboxylic acids is 1. The summed E-state index contributed by atoms with van der Waals surface area (Å²) >= 11 is 3.36. The van der Waals surface area contributed by atoms with Crippen LogP contribution >= 0.6 is 15.9 Å². The Morgan fingerprint density at radius 3 is 2.52 bits per heavy atom. The maximum atomic E-state index is 12.4. The molecule has 0 aliphatic carbocycles. The quantitative estimate of drug-likeness (QED) is 0.468. The fraction of sp³-hybridized carbons (Fsp3) is 0.200. The first-order valence-electron chi connectivity index (χ1n) is 7.93. The van der Waals surface area contributed by atoms with Crippen LogP contribution in [-0.4, -0.2) is 42.4 Å². The highest BCUT2D eigenvalue weighted by Gasteiger charge is 2.09. The van der Waals surface area contributed by atoms with Gasteiger partial charge in [-0.05, 0) is 37.4 Å². The molecule has 0 amide bonds. The number of hydrogen-bond donors (Lipinski definition) is 0. The maximum absolute atomic E-state index is 12.4. The van der Waals surface area contributed by atoms with E-state index < -0.39 is 0 Å². The number of ether oxygens (including phenoxy) is 1. The molecule has 130 valence electrons. The van der Waals surface area contributed by atoms with Crippen LogP contribution in [0.25, 0.3) is 0 Å². The highest BCUT2D eigenvalue weighted by Crippen LogP contribution is 2.15. The Morgan fingerprint density at radius 1 is 1.16 bits per heavy atom. The lowest BCUT2D eigenvalue weighted by atomic mass is 10.1. The summed E-state index contributed by atoms with van der Waals surface area (Å²) in [4.78, 5) is 18.7. The molecule has 5 heteroatoms. The maximum Gasteiger partial charge on any atom is 0.213 e. The van der Waals surface area contributed by atoms with Gasteiger partial charge in [0.25, 0.3) is 0 Å². The Morgan fingerprint density at radius 2 is 1.88 bits per heavy atom. The number of hydrogen-bond acceptors (Lipinski definition) is 4. The van der Waals surface area contributed by atoms with E-state index in [-0.39, 0.29) is 5.78 Å². The number of rotatable bonds is 9. The van der Waals surface area contributed by atoms with Crippen LogP contribution in [0.15, 0.2) is 71.9 Å². The molecule has 2 rings (SSSR count). The lowest BCUT2D eigenvalue weighted by Crippen LogP contribution is -2.17. The number of nitrogens with zero attached hydrogens (tertiary/aromatic N) is 2. The van der Waals surface area contributed by atoms with Crippen molar-refractivity contribution in [3.05, 3.63) is 83.0 Å². The molecule has 0 unspecified atom stereocenters. The largest absolute Gasteiger partial charge is 0.473 e. The highest BCUT2D eigenvalue weighted by molar-refractivity contribution is 9.10. The lowest BCUT2D eigenvalue weighted by Gasteiger charge is -2.10. The van der Waals surface area contributed by atoms with Crippen molar-refractivity contribution in [3.8, 4) is 5.88 Å². The number of aromatic nitrogens is 1. The molecule has 25 heavy (non-hydrogen) atoms. The van der Waals surface area contributed by atoms with Gasteiger partial charge in [0.2, 0.25) is 5.88 Å². The van der Waals surface area contributed by atoms with Gasteiger partial charge in [-0.1, -0.05) is 34.2 Å². The number of pyridine rings is 1. The van der Waals surface area contributed by atoms with Crippen LogP contribution in [0.2, 0.25) is 0 Å². The Hall–Kier alpha value is -2.24. The molecule has 0 saturated carbocycles. The summed E-state index contributed by atoms with van der Waals surface area (Å²) in [5, 5.41) is 0. The van der Waals surface area contributed by atoms with Gasteiger partial charge < -0.3 is 4.74 Å². The van der Waals surface area contributed by atoms with Gasteiger partial charge in [-0.25, -0.2) is 4.98 Å². The summed E-state index contributed by atoms with van der Waals surface area (Å²) in [6.07, 6.45) is 7.39. The van der Waals surface area contributed by atoms with Gasteiger partial charge in [0.15, 0.2) is 5.78 Å². The molecular formula is C20H21BrN2O2. The second kappa shape index (κ2) is 9.91. The average Bonchev–Trinajstić information content (AvgIpc) is 2.62. The number of benzene rings is 1. The fourth-order valence-corrected chi connectivity index (χ4v) is 2.38. The second-order valence-corrected chi connectivity index (χ2v) is 6.43. The normalized spacial score (nSPS) is 11.0. The summed E-state index contributed by atoms with van der Waals surface area (Å²) in [6.45, 7) is 5.83. The summed E-state index contributed by atoms with van der Waals surface area (Å²) in [7, 11) is 2.02. The van der Waals surface area contributed by atoms with E-state index in [1.807, 2.05) is 37.4 Å². The first-order chi connectivity index (χ1) is 12.1. The third kappa shape index (κ3) is 6.29.